The molecule has 1 fully saturated rings. The molecule has 0 amide bonds. The Bertz CT molecular complexity index is 423. The van der Waals surface area contributed by atoms with Gasteiger partial charge in [-0.05, 0) is 30.0 Å². The maximum absolute atomic E-state index is 11.4. The molecule has 0 N–H and O–H groups in total. The van der Waals surface area contributed by atoms with E-state index in [0.29, 0.717) is 16.0 Å². The molecule has 1 saturated carbocycles. The summed E-state index contributed by atoms with van der Waals surface area (Å²) in [6, 6.07) is 5.53. The number of benzene rings is 1. The van der Waals surface area contributed by atoms with E-state index in [1.807, 2.05) is 12.1 Å². The molecule has 1 atom stereocenters. The quantitative estimate of drug-likeness (QED) is 0.519. The molecule has 0 bridgehead atoms. The molecular formula is C16H20Cl2O. The second kappa shape index (κ2) is 7.31. The van der Waals surface area contributed by atoms with E-state index in [9.17, 15) is 4.79 Å². The van der Waals surface area contributed by atoms with Crippen LogP contribution >= 0.6 is 23.2 Å². The minimum atomic E-state index is -0.0436. The predicted octanol–water partition coefficient (Wildman–Crippen LogP) is 5.64. The van der Waals surface area contributed by atoms with Crippen molar-refractivity contribution in [3.63, 3.8) is 0 Å². The van der Waals surface area contributed by atoms with Gasteiger partial charge >= 0.3 is 0 Å². The van der Waals surface area contributed by atoms with Gasteiger partial charge in [0.1, 0.15) is 6.29 Å². The van der Waals surface area contributed by atoms with Crippen LogP contribution in [0.4, 0.5) is 0 Å². The molecule has 1 aliphatic carbocycles. The summed E-state index contributed by atoms with van der Waals surface area (Å²) in [6.45, 7) is 0. The maximum atomic E-state index is 11.4. The standard InChI is InChI=1S/C16H20Cl2O/c17-15-8-7-13(10-16(15)18)14(11-19)9-12-5-3-1-2-4-6-12/h7-8,10-12,14H,1-6,9H2. The zero-order valence-electron chi connectivity index (χ0n) is 11.1. The Morgan fingerprint density at radius 1 is 1.11 bits per heavy atom. The van der Waals surface area contributed by atoms with Gasteiger partial charge in [0.2, 0.25) is 0 Å². The highest BCUT2D eigenvalue weighted by Gasteiger charge is 2.19. The third-order valence-electron chi connectivity index (χ3n) is 4.10. The Labute approximate surface area is 125 Å². The minimum Gasteiger partial charge on any atom is -0.303 e. The van der Waals surface area contributed by atoms with Crippen LogP contribution in [0.3, 0.4) is 0 Å². The first kappa shape index (κ1) is 14.9. The van der Waals surface area contributed by atoms with Crippen molar-refractivity contribution in [1.29, 1.82) is 0 Å². The van der Waals surface area contributed by atoms with Crippen molar-refractivity contribution < 1.29 is 4.79 Å². The van der Waals surface area contributed by atoms with Gasteiger partial charge in [0, 0.05) is 5.92 Å². The van der Waals surface area contributed by atoms with E-state index < -0.39 is 0 Å². The van der Waals surface area contributed by atoms with Gasteiger partial charge in [-0.15, -0.1) is 0 Å². The van der Waals surface area contributed by atoms with Gasteiger partial charge in [0.25, 0.3) is 0 Å². The predicted molar refractivity (Wildman–Crippen MR) is 81.1 cm³/mol. The van der Waals surface area contributed by atoms with Gasteiger partial charge in [0.05, 0.1) is 10.0 Å². The molecule has 3 heteroatoms. The first-order valence-corrected chi connectivity index (χ1v) is 7.86. The maximum Gasteiger partial charge on any atom is 0.127 e. The second-order valence-corrected chi connectivity index (χ2v) is 6.32. The van der Waals surface area contributed by atoms with Gasteiger partial charge in [-0.25, -0.2) is 0 Å². The van der Waals surface area contributed by atoms with E-state index in [-0.39, 0.29) is 5.92 Å². The molecule has 0 aliphatic heterocycles. The molecule has 0 saturated heterocycles. The average Bonchev–Trinajstić information content (AvgIpc) is 2.68. The fourth-order valence-electron chi connectivity index (χ4n) is 2.97. The summed E-state index contributed by atoms with van der Waals surface area (Å²) < 4.78 is 0. The lowest BCUT2D eigenvalue weighted by molar-refractivity contribution is -0.109. The summed E-state index contributed by atoms with van der Waals surface area (Å²) in [6.07, 6.45) is 9.81. The lowest BCUT2D eigenvalue weighted by atomic mass is 9.86. The van der Waals surface area contributed by atoms with Gasteiger partial charge in [-0.3, -0.25) is 0 Å². The van der Waals surface area contributed by atoms with E-state index in [2.05, 4.69) is 0 Å². The van der Waals surface area contributed by atoms with Crippen LogP contribution in [0.1, 0.15) is 56.4 Å². The lowest BCUT2D eigenvalue weighted by Crippen LogP contribution is -2.08. The number of hydrogen-bond donors (Lipinski definition) is 0. The van der Waals surface area contributed by atoms with Crippen LogP contribution in [0.25, 0.3) is 0 Å². The smallest absolute Gasteiger partial charge is 0.127 e. The molecule has 2 rings (SSSR count). The molecule has 0 heterocycles. The van der Waals surface area contributed by atoms with Crippen LogP contribution in [0.15, 0.2) is 18.2 Å². The van der Waals surface area contributed by atoms with Crippen LogP contribution in [-0.2, 0) is 4.79 Å². The largest absolute Gasteiger partial charge is 0.303 e. The number of rotatable bonds is 4. The molecule has 0 aromatic heterocycles. The summed E-state index contributed by atoms with van der Waals surface area (Å²) in [5, 5.41) is 1.08. The SMILES string of the molecule is O=CC(CC1CCCCCC1)c1ccc(Cl)c(Cl)c1. The zero-order chi connectivity index (χ0) is 13.7. The van der Waals surface area contributed by atoms with Crippen LogP contribution in [0, 0.1) is 5.92 Å². The highest BCUT2D eigenvalue weighted by atomic mass is 35.5. The Morgan fingerprint density at radius 3 is 2.37 bits per heavy atom. The van der Waals surface area contributed by atoms with Gasteiger partial charge in [-0.1, -0.05) is 67.8 Å². The van der Waals surface area contributed by atoms with Crippen molar-refractivity contribution in [3.8, 4) is 0 Å². The lowest BCUT2D eigenvalue weighted by Gasteiger charge is -2.19. The first-order chi connectivity index (χ1) is 9.20. The molecule has 1 aromatic carbocycles. The van der Waals surface area contributed by atoms with E-state index in [1.165, 1.54) is 38.5 Å². The van der Waals surface area contributed by atoms with Crippen LogP contribution in [0.5, 0.6) is 0 Å². The molecule has 1 aliphatic rings. The Kier molecular flexibility index (Phi) is 5.72. The van der Waals surface area contributed by atoms with E-state index in [1.54, 1.807) is 6.07 Å². The van der Waals surface area contributed by atoms with Crippen molar-refractivity contribution >= 4 is 29.5 Å². The zero-order valence-corrected chi connectivity index (χ0v) is 12.6. The van der Waals surface area contributed by atoms with Crippen LogP contribution in [-0.4, -0.2) is 6.29 Å². The van der Waals surface area contributed by atoms with Crippen molar-refractivity contribution in [1.82, 2.24) is 0 Å². The Morgan fingerprint density at radius 2 is 1.79 bits per heavy atom. The van der Waals surface area contributed by atoms with Crippen LogP contribution in [0.2, 0.25) is 10.0 Å². The third kappa shape index (κ3) is 4.22. The highest BCUT2D eigenvalue weighted by Crippen LogP contribution is 2.33. The fraction of sp³-hybridized carbons (Fsp3) is 0.562. The number of carbonyl (C=O) groups is 1. The molecular weight excluding hydrogens is 279 g/mol. The monoisotopic (exact) mass is 298 g/mol. The molecule has 1 unspecified atom stereocenters. The number of halogens is 2. The van der Waals surface area contributed by atoms with Crippen molar-refractivity contribution in [2.45, 2.75) is 50.9 Å². The summed E-state index contributed by atoms with van der Waals surface area (Å²) >= 11 is 12.0. The van der Waals surface area contributed by atoms with E-state index >= 15 is 0 Å². The molecule has 19 heavy (non-hydrogen) atoms. The summed E-state index contributed by atoms with van der Waals surface area (Å²) in [4.78, 5) is 11.4. The second-order valence-electron chi connectivity index (χ2n) is 5.51. The number of hydrogen-bond acceptors (Lipinski definition) is 1. The highest BCUT2D eigenvalue weighted by molar-refractivity contribution is 6.42. The van der Waals surface area contributed by atoms with Gasteiger partial charge in [0.15, 0.2) is 0 Å². The van der Waals surface area contributed by atoms with Crippen molar-refractivity contribution in [3.05, 3.63) is 33.8 Å². The topological polar surface area (TPSA) is 17.1 Å². The first-order valence-electron chi connectivity index (χ1n) is 7.11. The van der Waals surface area contributed by atoms with Gasteiger partial charge in [-0.2, -0.15) is 0 Å². The van der Waals surface area contributed by atoms with Crippen molar-refractivity contribution in [2.24, 2.45) is 5.92 Å². The Balaban J connectivity index is 2.06. The third-order valence-corrected chi connectivity index (χ3v) is 4.84. The molecule has 104 valence electrons. The average molecular weight is 299 g/mol. The molecule has 0 spiro atoms. The van der Waals surface area contributed by atoms with Gasteiger partial charge < -0.3 is 4.79 Å². The number of aldehydes is 1. The summed E-state index contributed by atoms with van der Waals surface area (Å²) in [5.41, 5.74) is 0.994. The van der Waals surface area contributed by atoms with Crippen LogP contribution < -0.4 is 0 Å². The van der Waals surface area contributed by atoms with E-state index in [4.69, 9.17) is 23.2 Å². The molecule has 1 nitrogen and oxygen atoms in total. The summed E-state index contributed by atoms with van der Waals surface area (Å²) in [7, 11) is 0. The molecule has 1 aromatic rings. The minimum absolute atomic E-state index is 0.0436. The summed E-state index contributed by atoms with van der Waals surface area (Å²) in [5.74, 6) is 0.630. The van der Waals surface area contributed by atoms with E-state index in [0.717, 1.165) is 18.3 Å². The Hall–Kier alpha value is -0.530. The molecule has 0 radical (unpaired) electrons. The number of carbonyl (C=O) groups excluding carboxylic acids is 1. The normalized spacial score (nSPS) is 18.8. The van der Waals surface area contributed by atoms with Crippen molar-refractivity contribution in [2.75, 3.05) is 0 Å². The fourth-order valence-corrected chi connectivity index (χ4v) is 3.28.